The van der Waals surface area contributed by atoms with Crippen molar-refractivity contribution in [2.45, 2.75) is 24.6 Å². The fourth-order valence-corrected chi connectivity index (χ4v) is 4.56. The molecule has 1 aromatic carbocycles. The standard InChI is InChI=1S/C18H15N3OS2/c1-11-8-14(21-22-11)10-23-17-15-9-16(13-6-4-3-5-7-13)24-18(15)20-12(2)19-17/h3-9H,10H2,1-2H3. The quantitative estimate of drug-likeness (QED) is 0.370. The molecule has 0 aliphatic rings. The molecule has 6 heteroatoms. The maximum Gasteiger partial charge on any atom is 0.133 e. The third-order valence-electron chi connectivity index (χ3n) is 3.56. The first kappa shape index (κ1) is 15.4. The number of hydrogen-bond donors (Lipinski definition) is 0. The topological polar surface area (TPSA) is 51.8 Å². The molecular weight excluding hydrogens is 338 g/mol. The zero-order chi connectivity index (χ0) is 16.5. The molecule has 4 rings (SSSR count). The lowest BCUT2D eigenvalue weighted by Gasteiger charge is -2.01. The van der Waals surface area contributed by atoms with Crippen molar-refractivity contribution in [2.24, 2.45) is 0 Å². The Morgan fingerprint density at radius 3 is 2.67 bits per heavy atom. The zero-order valence-electron chi connectivity index (χ0n) is 13.3. The minimum atomic E-state index is 0.736. The summed E-state index contributed by atoms with van der Waals surface area (Å²) in [6.07, 6.45) is 0. The molecule has 4 aromatic rings. The molecule has 0 atom stereocenters. The maximum absolute atomic E-state index is 5.13. The van der Waals surface area contributed by atoms with Gasteiger partial charge < -0.3 is 4.52 Å². The first-order valence-electron chi connectivity index (χ1n) is 7.57. The number of rotatable bonds is 4. The van der Waals surface area contributed by atoms with Crippen molar-refractivity contribution in [1.82, 2.24) is 15.1 Å². The van der Waals surface area contributed by atoms with Crippen LogP contribution in [0.3, 0.4) is 0 Å². The van der Waals surface area contributed by atoms with Gasteiger partial charge in [0.15, 0.2) is 0 Å². The second-order valence-corrected chi connectivity index (χ2v) is 7.48. The van der Waals surface area contributed by atoms with E-state index < -0.39 is 0 Å². The molecule has 0 unspecified atom stereocenters. The summed E-state index contributed by atoms with van der Waals surface area (Å²) in [5.74, 6) is 2.36. The van der Waals surface area contributed by atoms with Crippen LogP contribution in [0.15, 0.2) is 52.0 Å². The summed E-state index contributed by atoms with van der Waals surface area (Å²) in [7, 11) is 0. The lowest BCUT2D eigenvalue weighted by atomic mass is 10.2. The van der Waals surface area contributed by atoms with Crippen molar-refractivity contribution in [1.29, 1.82) is 0 Å². The van der Waals surface area contributed by atoms with Crippen molar-refractivity contribution < 1.29 is 4.52 Å². The van der Waals surface area contributed by atoms with E-state index >= 15 is 0 Å². The zero-order valence-corrected chi connectivity index (χ0v) is 14.9. The van der Waals surface area contributed by atoms with E-state index in [1.54, 1.807) is 23.1 Å². The van der Waals surface area contributed by atoms with Crippen molar-refractivity contribution in [3.63, 3.8) is 0 Å². The number of thioether (sulfide) groups is 1. The number of aryl methyl sites for hydroxylation is 2. The number of fused-ring (bicyclic) bond motifs is 1. The number of thiophene rings is 1. The van der Waals surface area contributed by atoms with Crippen molar-refractivity contribution in [3.05, 3.63) is 59.7 Å². The Balaban J connectivity index is 1.70. The van der Waals surface area contributed by atoms with E-state index in [2.05, 4.69) is 45.5 Å². The van der Waals surface area contributed by atoms with Gasteiger partial charge in [0, 0.05) is 22.1 Å². The Morgan fingerprint density at radius 1 is 1.08 bits per heavy atom. The fourth-order valence-electron chi connectivity index (χ4n) is 2.48. The van der Waals surface area contributed by atoms with Gasteiger partial charge in [0.2, 0.25) is 0 Å². The summed E-state index contributed by atoms with van der Waals surface area (Å²) < 4.78 is 5.13. The maximum atomic E-state index is 5.13. The fraction of sp³-hybridized carbons (Fsp3) is 0.167. The first-order chi connectivity index (χ1) is 11.7. The van der Waals surface area contributed by atoms with Gasteiger partial charge in [-0.15, -0.1) is 11.3 Å². The Hall–Kier alpha value is -2.18. The summed E-state index contributed by atoms with van der Waals surface area (Å²) >= 11 is 3.38. The Labute approximate surface area is 147 Å². The van der Waals surface area contributed by atoms with Crippen LogP contribution in [0, 0.1) is 13.8 Å². The Bertz CT molecular complexity index is 992. The molecule has 4 nitrogen and oxygen atoms in total. The van der Waals surface area contributed by atoms with Crippen LogP contribution in [-0.2, 0) is 5.75 Å². The molecule has 0 radical (unpaired) electrons. The van der Waals surface area contributed by atoms with Crippen molar-refractivity contribution in [3.8, 4) is 10.4 Å². The monoisotopic (exact) mass is 353 g/mol. The molecular formula is C18H15N3OS2. The molecule has 0 saturated carbocycles. The number of benzene rings is 1. The van der Waals surface area contributed by atoms with E-state index in [1.165, 1.54) is 10.4 Å². The Morgan fingerprint density at radius 2 is 1.92 bits per heavy atom. The van der Waals surface area contributed by atoms with E-state index in [9.17, 15) is 0 Å². The third kappa shape index (κ3) is 3.07. The van der Waals surface area contributed by atoms with Gasteiger partial charge in [0.05, 0.1) is 5.69 Å². The highest BCUT2D eigenvalue weighted by Gasteiger charge is 2.13. The van der Waals surface area contributed by atoms with Crippen LogP contribution >= 0.6 is 23.1 Å². The third-order valence-corrected chi connectivity index (χ3v) is 5.66. The summed E-state index contributed by atoms with van der Waals surface area (Å²) in [5.41, 5.74) is 2.14. The smallest absolute Gasteiger partial charge is 0.133 e. The second-order valence-electron chi connectivity index (χ2n) is 5.49. The van der Waals surface area contributed by atoms with Crippen LogP contribution in [0.4, 0.5) is 0 Å². The predicted octanol–water partition coefficient (Wildman–Crippen LogP) is 5.26. The summed E-state index contributed by atoms with van der Waals surface area (Å²) in [4.78, 5) is 11.5. The molecule has 0 saturated heterocycles. The van der Waals surface area contributed by atoms with Gasteiger partial charge in [-0.25, -0.2) is 9.97 Å². The normalized spacial score (nSPS) is 11.2. The van der Waals surface area contributed by atoms with Crippen LogP contribution in [-0.4, -0.2) is 15.1 Å². The highest BCUT2D eigenvalue weighted by molar-refractivity contribution is 7.98. The lowest BCUT2D eigenvalue weighted by Crippen LogP contribution is -1.90. The highest BCUT2D eigenvalue weighted by Crippen LogP contribution is 2.37. The molecule has 0 aliphatic carbocycles. The molecule has 24 heavy (non-hydrogen) atoms. The van der Waals surface area contributed by atoms with Gasteiger partial charge in [0.1, 0.15) is 21.4 Å². The van der Waals surface area contributed by atoms with Gasteiger partial charge in [-0.1, -0.05) is 47.3 Å². The molecule has 120 valence electrons. The van der Waals surface area contributed by atoms with E-state index in [-0.39, 0.29) is 0 Å². The largest absolute Gasteiger partial charge is 0.361 e. The van der Waals surface area contributed by atoms with E-state index in [4.69, 9.17) is 4.52 Å². The SMILES string of the molecule is Cc1nc(SCc2cc(C)on2)c2cc(-c3ccccc3)sc2n1. The van der Waals surface area contributed by atoms with Gasteiger partial charge in [0.25, 0.3) is 0 Å². The van der Waals surface area contributed by atoms with Gasteiger partial charge in [-0.2, -0.15) is 0 Å². The molecule has 0 fully saturated rings. The molecule has 0 aliphatic heterocycles. The van der Waals surface area contributed by atoms with Crippen LogP contribution in [0.25, 0.3) is 20.7 Å². The number of hydrogen-bond acceptors (Lipinski definition) is 6. The minimum absolute atomic E-state index is 0.736. The molecule has 0 bridgehead atoms. The Kier molecular flexibility index (Phi) is 4.08. The van der Waals surface area contributed by atoms with E-state index in [1.807, 2.05) is 26.0 Å². The molecule has 0 N–H and O–H groups in total. The molecule has 3 aromatic heterocycles. The van der Waals surface area contributed by atoms with Crippen LogP contribution < -0.4 is 0 Å². The van der Waals surface area contributed by atoms with Gasteiger partial charge >= 0.3 is 0 Å². The van der Waals surface area contributed by atoms with E-state index in [0.29, 0.717) is 0 Å². The van der Waals surface area contributed by atoms with Crippen LogP contribution in [0.5, 0.6) is 0 Å². The molecule has 0 spiro atoms. The number of nitrogens with zero attached hydrogens (tertiary/aromatic N) is 3. The summed E-state index contributed by atoms with van der Waals surface area (Å²) in [6.45, 7) is 3.84. The van der Waals surface area contributed by atoms with Gasteiger partial charge in [-0.3, -0.25) is 0 Å². The molecule has 0 amide bonds. The summed E-state index contributed by atoms with van der Waals surface area (Å²) in [5, 5.41) is 6.15. The predicted molar refractivity (Wildman–Crippen MR) is 98.4 cm³/mol. The minimum Gasteiger partial charge on any atom is -0.361 e. The van der Waals surface area contributed by atoms with Gasteiger partial charge in [-0.05, 0) is 25.5 Å². The van der Waals surface area contributed by atoms with Crippen LogP contribution in [0.2, 0.25) is 0 Å². The average Bonchev–Trinajstić information content (AvgIpc) is 3.19. The highest BCUT2D eigenvalue weighted by atomic mass is 32.2. The van der Waals surface area contributed by atoms with Crippen molar-refractivity contribution in [2.75, 3.05) is 0 Å². The number of aromatic nitrogens is 3. The summed E-state index contributed by atoms with van der Waals surface area (Å²) in [6, 6.07) is 14.5. The second kappa shape index (κ2) is 6.37. The van der Waals surface area contributed by atoms with Crippen molar-refractivity contribution >= 4 is 33.3 Å². The average molecular weight is 353 g/mol. The van der Waals surface area contributed by atoms with Crippen LogP contribution in [0.1, 0.15) is 17.3 Å². The lowest BCUT2D eigenvalue weighted by molar-refractivity contribution is 0.393. The molecule has 3 heterocycles. The first-order valence-corrected chi connectivity index (χ1v) is 9.38. The van der Waals surface area contributed by atoms with E-state index in [0.717, 1.165) is 38.3 Å².